The highest BCUT2D eigenvalue weighted by molar-refractivity contribution is 6.06. The predicted molar refractivity (Wildman–Crippen MR) is 76.5 cm³/mol. The van der Waals surface area contributed by atoms with Gasteiger partial charge < -0.3 is 4.74 Å². The first-order valence-electron chi connectivity index (χ1n) is 6.34. The van der Waals surface area contributed by atoms with Gasteiger partial charge in [-0.25, -0.2) is 4.79 Å². The van der Waals surface area contributed by atoms with E-state index in [1.54, 1.807) is 18.3 Å². The van der Waals surface area contributed by atoms with Crippen molar-refractivity contribution >= 4 is 22.7 Å². The van der Waals surface area contributed by atoms with Crippen molar-refractivity contribution in [1.29, 1.82) is 0 Å². The number of para-hydroxylation sites is 1. The van der Waals surface area contributed by atoms with Crippen molar-refractivity contribution in [3.63, 3.8) is 0 Å². The van der Waals surface area contributed by atoms with Crippen LogP contribution in [0, 0.1) is 0 Å². The number of aromatic nitrogens is 1. The second-order valence-electron chi connectivity index (χ2n) is 4.27. The predicted octanol–water partition coefficient (Wildman–Crippen LogP) is 2.93. The van der Waals surface area contributed by atoms with Gasteiger partial charge in [-0.2, -0.15) is 0 Å². The molecule has 0 N–H and O–H groups in total. The van der Waals surface area contributed by atoms with Crippen LogP contribution in [0.5, 0.6) is 0 Å². The second-order valence-corrected chi connectivity index (χ2v) is 4.27. The van der Waals surface area contributed by atoms with Gasteiger partial charge in [-0.1, -0.05) is 24.3 Å². The number of methoxy groups -OCH3 is 1. The molecule has 1 heterocycles. The number of hydrogen-bond acceptors (Lipinski definition) is 4. The van der Waals surface area contributed by atoms with E-state index < -0.39 is 5.97 Å². The lowest BCUT2D eigenvalue weighted by molar-refractivity contribution is -0.134. The lowest BCUT2D eigenvalue weighted by Gasteiger charge is -2.03. The summed E-state index contributed by atoms with van der Waals surface area (Å²) in [6.45, 7) is 0. The molecule has 1 aromatic carbocycles. The van der Waals surface area contributed by atoms with E-state index in [2.05, 4.69) is 9.72 Å². The molecule has 4 heteroatoms. The summed E-state index contributed by atoms with van der Waals surface area (Å²) >= 11 is 0. The molecule has 4 nitrogen and oxygen atoms in total. The van der Waals surface area contributed by atoms with Gasteiger partial charge in [0.05, 0.1) is 12.6 Å². The van der Waals surface area contributed by atoms with Gasteiger partial charge in [-0.15, -0.1) is 0 Å². The molecule has 0 saturated carbocycles. The van der Waals surface area contributed by atoms with E-state index in [-0.39, 0.29) is 5.78 Å². The van der Waals surface area contributed by atoms with Crippen LogP contribution in [0.1, 0.15) is 23.2 Å². The summed E-state index contributed by atoms with van der Waals surface area (Å²) in [7, 11) is 1.32. The van der Waals surface area contributed by atoms with Crippen LogP contribution in [0.3, 0.4) is 0 Å². The van der Waals surface area contributed by atoms with E-state index in [1.165, 1.54) is 13.2 Å². The minimum atomic E-state index is -0.413. The van der Waals surface area contributed by atoms with Crippen LogP contribution in [-0.2, 0) is 9.53 Å². The van der Waals surface area contributed by atoms with E-state index in [0.29, 0.717) is 18.4 Å². The Kier molecular flexibility index (Phi) is 4.60. The van der Waals surface area contributed by atoms with Crippen molar-refractivity contribution < 1.29 is 14.3 Å². The minimum absolute atomic E-state index is 0.0174. The van der Waals surface area contributed by atoms with Gasteiger partial charge in [0.2, 0.25) is 0 Å². The number of esters is 1. The number of ether oxygens (including phenoxy) is 1. The Morgan fingerprint density at radius 3 is 2.85 bits per heavy atom. The fraction of sp³-hybridized carbons (Fsp3) is 0.188. The zero-order valence-corrected chi connectivity index (χ0v) is 11.2. The minimum Gasteiger partial charge on any atom is -0.466 e. The molecule has 0 spiro atoms. The van der Waals surface area contributed by atoms with Gasteiger partial charge in [0.1, 0.15) is 0 Å². The van der Waals surface area contributed by atoms with Crippen molar-refractivity contribution in [2.45, 2.75) is 12.8 Å². The van der Waals surface area contributed by atoms with Gasteiger partial charge in [0.25, 0.3) is 0 Å². The summed E-state index contributed by atoms with van der Waals surface area (Å²) in [5.74, 6) is -0.395. The quantitative estimate of drug-likeness (QED) is 0.476. The summed E-state index contributed by atoms with van der Waals surface area (Å²) in [6, 6.07) is 9.32. The molecule has 102 valence electrons. The van der Waals surface area contributed by atoms with Crippen LogP contribution in [-0.4, -0.2) is 23.8 Å². The summed E-state index contributed by atoms with van der Waals surface area (Å²) in [5, 5.41) is 0.948. The first-order chi connectivity index (χ1) is 9.72. The topological polar surface area (TPSA) is 56.3 Å². The standard InChI is InChI=1S/C16H15NO3/c1-20-15(19)10-3-2-9-14(18)13-8-4-6-12-7-5-11-17-16(12)13/h3-8,10-11H,2,9H2,1H3/b10-3+. The van der Waals surface area contributed by atoms with Crippen molar-refractivity contribution in [2.24, 2.45) is 0 Å². The molecule has 0 radical (unpaired) electrons. The molecule has 0 aliphatic carbocycles. The van der Waals surface area contributed by atoms with Crippen molar-refractivity contribution in [2.75, 3.05) is 7.11 Å². The van der Waals surface area contributed by atoms with E-state index in [4.69, 9.17) is 0 Å². The lowest BCUT2D eigenvalue weighted by Crippen LogP contribution is -2.00. The molecular formula is C16H15NO3. The zero-order chi connectivity index (χ0) is 14.4. The Labute approximate surface area is 117 Å². The number of Topliss-reactive ketones (excluding diaryl/α,β-unsaturated/α-hetero) is 1. The average Bonchev–Trinajstić information content (AvgIpc) is 2.50. The number of nitrogens with zero attached hydrogens (tertiary/aromatic N) is 1. The summed E-state index contributed by atoms with van der Waals surface area (Å²) < 4.78 is 4.48. The van der Waals surface area contributed by atoms with Crippen LogP contribution in [0.2, 0.25) is 0 Å². The van der Waals surface area contributed by atoms with Crippen LogP contribution in [0.25, 0.3) is 10.9 Å². The number of carbonyl (C=O) groups is 2. The maximum Gasteiger partial charge on any atom is 0.330 e. The van der Waals surface area contributed by atoms with E-state index in [9.17, 15) is 9.59 Å². The number of pyridine rings is 1. The van der Waals surface area contributed by atoms with Crippen molar-refractivity contribution in [3.8, 4) is 0 Å². The molecule has 2 aromatic rings. The second kappa shape index (κ2) is 6.61. The van der Waals surface area contributed by atoms with Crippen molar-refractivity contribution in [3.05, 3.63) is 54.2 Å². The number of ketones is 1. The normalized spacial score (nSPS) is 10.8. The highest BCUT2D eigenvalue weighted by Crippen LogP contribution is 2.18. The summed E-state index contributed by atoms with van der Waals surface area (Å²) in [6.07, 6.45) is 5.48. The third-order valence-electron chi connectivity index (χ3n) is 2.93. The molecule has 0 aliphatic heterocycles. The van der Waals surface area contributed by atoms with E-state index >= 15 is 0 Å². The van der Waals surface area contributed by atoms with Crippen LogP contribution < -0.4 is 0 Å². The third kappa shape index (κ3) is 3.29. The Balaban J connectivity index is 2.08. The molecule has 0 saturated heterocycles. The molecule has 0 atom stereocenters. The monoisotopic (exact) mass is 269 g/mol. The molecule has 0 bridgehead atoms. The molecular weight excluding hydrogens is 254 g/mol. The Morgan fingerprint density at radius 2 is 2.05 bits per heavy atom. The third-order valence-corrected chi connectivity index (χ3v) is 2.93. The van der Waals surface area contributed by atoms with Gasteiger partial charge in [0.15, 0.2) is 5.78 Å². The molecule has 0 amide bonds. The largest absolute Gasteiger partial charge is 0.466 e. The summed E-state index contributed by atoms with van der Waals surface area (Å²) in [5.41, 5.74) is 1.34. The fourth-order valence-electron chi connectivity index (χ4n) is 1.93. The number of allylic oxidation sites excluding steroid dienone is 1. The number of rotatable bonds is 5. The van der Waals surface area contributed by atoms with Gasteiger partial charge in [-0.3, -0.25) is 9.78 Å². The van der Waals surface area contributed by atoms with Crippen molar-refractivity contribution in [1.82, 2.24) is 4.98 Å². The first-order valence-corrected chi connectivity index (χ1v) is 6.34. The fourth-order valence-corrected chi connectivity index (χ4v) is 1.93. The lowest BCUT2D eigenvalue weighted by atomic mass is 10.0. The molecule has 0 aliphatic rings. The SMILES string of the molecule is COC(=O)/C=C/CCC(=O)c1cccc2cccnc12. The average molecular weight is 269 g/mol. The number of carbonyl (C=O) groups excluding carboxylic acids is 2. The molecule has 20 heavy (non-hydrogen) atoms. The van der Waals surface area contributed by atoms with E-state index in [1.807, 2.05) is 24.3 Å². The number of hydrogen-bond donors (Lipinski definition) is 0. The Bertz CT molecular complexity index is 656. The smallest absolute Gasteiger partial charge is 0.330 e. The molecule has 0 unspecified atom stereocenters. The maximum atomic E-state index is 12.2. The highest BCUT2D eigenvalue weighted by Gasteiger charge is 2.09. The number of benzene rings is 1. The zero-order valence-electron chi connectivity index (χ0n) is 11.2. The molecule has 1 aromatic heterocycles. The molecule has 0 fully saturated rings. The van der Waals surface area contributed by atoms with Gasteiger partial charge in [0, 0.05) is 29.6 Å². The highest BCUT2D eigenvalue weighted by atomic mass is 16.5. The Hall–Kier alpha value is -2.49. The van der Waals surface area contributed by atoms with Gasteiger partial charge >= 0.3 is 5.97 Å². The summed E-state index contributed by atoms with van der Waals surface area (Å²) in [4.78, 5) is 27.3. The van der Waals surface area contributed by atoms with Crippen LogP contribution >= 0.6 is 0 Å². The van der Waals surface area contributed by atoms with Crippen LogP contribution in [0.4, 0.5) is 0 Å². The Morgan fingerprint density at radius 1 is 1.25 bits per heavy atom. The van der Waals surface area contributed by atoms with Crippen LogP contribution in [0.15, 0.2) is 48.7 Å². The maximum absolute atomic E-state index is 12.2. The number of fused-ring (bicyclic) bond motifs is 1. The van der Waals surface area contributed by atoms with E-state index in [0.717, 1.165) is 10.9 Å². The van der Waals surface area contributed by atoms with Gasteiger partial charge in [-0.05, 0) is 18.6 Å². The first kappa shape index (κ1) is 13.9. The molecule has 2 rings (SSSR count).